The fraction of sp³-hybridized carbons (Fsp3) is 0.333. The molecule has 0 N–H and O–H groups in total. The van der Waals surface area contributed by atoms with Crippen LogP contribution >= 0.6 is 0 Å². The molecular formula is C18H18N4O. The first kappa shape index (κ1) is 14.1. The smallest absolute Gasteiger partial charge is 0.183 e. The number of Topliss-reactive ketones (excluding diaryl/α,β-unsaturated/α-hetero) is 1. The highest BCUT2D eigenvalue weighted by Gasteiger charge is 2.36. The summed E-state index contributed by atoms with van der Waals surface area (Å²) in [5.74, 6) is 0.867. The van der Waals surface area contributed by atoms with Crippen molar-refractivity contribution in [3.8, 4) is 5.82 Å². The largest absolute Gasteiger partial charge is 0.294 e. The molecule has 5 nitrogen and oxygen atoms in total. The standard InChI is InChI=1S/C18H18N4O/c1-11-16-14(8-18(2,3)9-15(16)23)22(21-11)17-13-7-5-4-6-12(13)10-19-20-17/h4-7,10H,8-9H2,1-3H3. The Kier molecular flexibility index (Phi) is 2.88. The molecule has 1 aromatic carbocycles. The Balaban J connectivity index is 2.01. The van der Waals surface area contributed by atoms with Gasteiger partial charge in [-0.05, 0) is 18.8 Å². The Morgan fingerprint density at radius 2 is 1.96 bits per heavy atom. The Bertz CT molecular complexity index is 934. The number of hydrogen-bond donors (Lipinski definition) is 0. The summed E-state index contributed by atoms with van der Waals surface area (Å²) in [6.07, 6.45) is 3.12. The molecule has 116 valence electrons. The third kappa shape index (κ3) is 2.15. The summed E-state index contributed by atoms with van der Waals surface area (Å²) >= 11 is 0. The quantitative estimate of drug-likeness (QED) is 0.692. The van der Waals surface area contributed by atoms with Gasteiger partial charge in [0.05, 0.1) is 23.1 Å². The predicted octanol–water partition coefficient (Wildman–Crippen LogP) is 3.28. The lowest BCUT2D eigenvalue weighted by Gasteiger charge is -2.29. The van der Waals surface area contributed by atoms with Crippen molar-refractivity contribution >= 4 is 16.6 Å². The molecule has 0 unspecified atom stereocenters. The van der Waals surface area contributed by atoms with E-state index in [4.69, 9.17) is 0 Å². The molecule has 2 heterocycles. The van der Waals surface area contributed by atoms with Crippen LogP contribution in [0.25, 0.3) is 16.6 Å². The normalized spacial score (nSPS) is 16.6. The van der Waals surface area contributed by atoms with Crippen molar-refractivity contribution in [3.63, 3.8) is 0 Å². The third-order valence-corrected chi connectivity index (χ3v) is 4.47. The maximum absolute atomic E-state index is 12.5. The summed E-state index contributed by atoms with van der Waals surface area (Å²) in [7, 11) is 0. The van der Waals surface area contributed by atoms with E-state index in [0.29, 0.717) is 12.2 Å². The third-order valence-electron chi connectivity index (χ3n) is 4.47. The highest BCUT2D eigenvalue weighted by Crippen LogP contribution is 2.37. The van der Waals surface area contributed by atoms with Crippen LogP contribution in [0.3, 0.4) is 0 Å². The van der Waals surface area contributed by atoms with Gasteiger partial charge in [0.1, 0.15) is 0 Å². The number of carbonyl (C=O) groups is 1. The SMILES string of the molecule is Cc1nn(-c2nncc3ccccc23)c2c1C(=O)CC(C)(C)C2. The van der Waals surface area contributed by atoms with E-state index < -0.39 is 0 Å². The van der Waals surface area contributed by atoms with Crippen LogP contribution in [0.2, 0.25) is 0 Å². The Morgan fingerprint density at radius 1 is 1.17 bits per heavy atom. The van der Waals surface area contributed by atoms with E-state index >= 15 is 0 Å². The fourth-order valence-corrected chi connectivity index (χ4v) is 3.48. The number of rotatable bonds is 1. The molecule has 0 radical (unpaired) electrons. The molecule has 0 atom stereocenters. The molecule has 23 heavy (non-hydrogen) atoms. The number of aryl methyl sites for hydroxylation is 1. The van der Waals surface area contributed by atoms with Crippen LogP contribution in [-0.2, 0) is 6.42 Å². The Labute approximate surface area is 134 Å². The molecule has 2 aromatic heterocycles. The molecule has 0 spiro atoms. The summed E-state index contributed by atoms with van der Waals surface area (Å²) in [5.41, 5.74) is 2.43. The zero-order valence-corrected chi connectivity index (χ0v) is 13.5. The molecule has 0 bridgehead atoms. The van der Waals surface area contributed by atoms with Gasteiger partial charge in [0, 0.05) is 17.2 Å². The summed E-state index contributed by atoms with van der Waals surface area (Å²) in [4.78, 5) is 12.5. The molecule has 1 aliphatic rings. The van der Waals surface area contributed by atoms with E-state index in [1.165, 1.54) is 0 Å². The van der Waals surface area contributed by atoms with E-state index in [0.717, 1.165) is 34.1 Å². The minimum atomic E-state index is -0.0632. The van der Waals surface area contributed by atoms with Crippen LogP contribution in [-0.4, -0.2) is 25.8 Å². The summed E-state index contributed by atoms with van der Waals surface area (Å²) in [6, 6.07) is 7.97. The molecule has 0 saturated carbocycles. The van der Waals surface area contributed by atoms with Gasteiger partial charge in [-0.15, -0.1) is 5.10 Å². The van der Waals surface area contributed by atoms with E-state index in [2.05, 4.69) is 29.1 Å². The molecule has 1 aliphatic carbocycles. The fourth-order valence-electron chi connectivity index (χ4n) is 3.48. The number of fused-ring (bicyclic) bond motifs is 2. The molecular weight excluding hydrogens is 288 g/mol. The van der Waals surface area contributed by atoms with E-state index in [-0.39, 0.29) is 11.2 Å². The average Bonchev–Trinajstić information content (AvgIpc) is 2.82. The monoisotopic (exact) mass is 306 g/mol. The lowest BCUT2D eigenvalue weighted by molar-refractivity contribution is 0.0910. The van der Waals surface area contributed by atoms with Gasteiger partial charge in [-0.2, -0.15) is 10.2 Å². The number of carbonyl (C=O) groups excluding carboxylic acids is 1. The van der Waals surface area contributed by atoms with Gasteiger partial charge in [-0.3, -0.25) is 4.79 Å². The second-order valence-electron chi connectivity index (χ2n) is 7.02. The lowest BCUT2D eigenvalue weighted by atomic mass is 9.75. The minimum absolute atomic E-state index is 0.0632. The predicted molar refractivity (Wildman–Crippen MR) is 87.8 cm³/mol. The number of benzene rings is 1. The van der Waals surface area contributed by atoms with Crippen LogP contribution in [0, 0.1) is 12.3 Å². The molecule has 0 saturated heterocycles. The van der Waals surface area contributed by atoms with E-state index in [1.54, 1.807) is 6.20 Å². The van der Waals surface area contributed by atoms with Crippen molar-refractivity contribution in [1.29, 1.82) is 0 Å². The molecule has 0 fully saturated rings. The highest BCUT2D eigenvalue weighted by atomic mass is 16.1. The maximum Gasteiger partial charge on any atom is 0.183 e. The summed E-state index contributed by atoms with van der Waals surface area (Å²) in [6.45, 7) is 6.13. The maximum atomic E-state index is 12.5. The van der Waals surface area contributed by atoms with Gasteiger partial charge in [0.25, 0.3) is 0 Å². The average molecular weight is 306 g/mol. The zero-order chi connectivity index (χ0) is 16.2. The van der Waals surface area contributed by atoms with Gasteiger partial charge < -0.3 is 0 Å². The number of ketones is 1. The minimum Gasteiger partial charge on any atom is -0.294 e. The van der Waals surface area contributed by atoms with Crippen molar-refractivity contribution in [1.82, 2.24) is 20.0 Å². The van der Waals surface area contributed by atoms with Gasteiger partial charge in [0.15, 0.2) is 11.6 Å². The van der Waals surface area contributed by atoms with Crippen LogP contribution in [0.1, 0.15) is 42.0 Å². The molecule has 3 aromatic rings. The van der Waals surface area contributed by atoms with E-state index in [1.807, 2.05) is 35.9 Å². The van der Waals surface area contributed by atoms with Crippen molar-refractivity contribution in [3.05, 3.63) is 47.4 Å². The highest BCUT2D eigenvalue weighted by molar-refractivity contribution is 6.00. The zero-order valence-electron chi connectivity index (χ0n) is 13.5. The van der Waals surface area contributed by atoms with Crippen molar-refractivity contribution in [2.24, 2.45) is 5.41 Å². The lowest BCUT2D eigenvalue weighted by Crippen LogP contribution is -2.28. The van der Waals surface area contributed by atoms with Crippen molar-refractivity contribution < 1.29 is 4.79 Å². The molecule has 5 heteroatoms. The van der Waals surface area contributed by atoms with Crippen molar-refractivity contribution in [2.45, 2.75) is 33.6 Å². The van der Waals surface area contributed by atoms with Gasteiger partial charge >= 0.3 is 0 Å². The van der Waals surface area contributed by atoms with Crippen LogP contribution in [0.5, 0.6) is 0 Å². The number of nitrogens with zero attached hydrogens (tertiary/aromatic N) is 4. The molecule has 0 amide bonds. The second-order valence-corrected chi connectivity index (χ2v) is 7.02. The van der Waals surface area contributed by atoms with Crippen LogP contribution in [0.15, 0.2) is 30.5 Å². The van der Waals surface area contributed by atoms with Gasteiger partial charge in [0.2, 0.25) is 0 Å². The number of hydrogen-bond acceptors (Lipinski definition) is 4. The van der Waals surface area contributed by atoms with Gasteiger partial charge in [-0.1, -0.05) is 38.1 Å². The molecule has 0 aliphatic heterocycles. The van der Waals surface area contributed by atoms with Crippen LogP contribution in [0.4, 0.5) is 0 Å². The molecule has 4 rings (SSSR count). The first-order chi connectivity index (χ1) is 11.0. The van der Waals surface area contributed by atoms with Crippen LogP contribution < -0.4 is 0 Å². The van der Waals surface area contributed by atoms with Gasteiger partial charge in [-0.25, -0.2) is 4.68 Å². The summed E-state index contributed by atoms with van der Waals surface area (Å²) < 4.78 is 1.82. The second kappa shape index (κ2) is 4.72. The topological polar surface area (TPSA) is 60.7 Å². The Hall–Kier alpha value is -2.56. The van der Waals surface area contributed by atoms with Crippen molar-refractivity contribution in [2.75, 3.05) is 0 Å². The first-order valence-electron chi connectivity index (χ1n) is 7.79. The Morgan fingerprint density at radius 3 is 2.78 bits per heavy atom. The van der Waals surface area contributed by atoms with E-state index in [9.17, 15) is 4.79 Å². The first-order valence-corrected chi connectivity index (χ1v) is 7.79. The summed E-state index contributed by atoms with van der Waals surface area (Å²) in [5, 5.41) is 15.0. The number of aromatic nitrogens is 4.